The average Bonchev–Trinajstić information content (AvgIpc) is 2.97. The summed E-state index contributed by atoms with van der Waals surface area (Å²) in [5.74, 6) is -2.50. The number of carbonyl (C=O) groups excluding carboxylic acids is 2. The fourth-order valence-electron chi connectivity index (χ4n) is 3.27. The van der Waals surface area contributed by atoms with Crippen LogP contribution in [0.25, 0.3) is 5.76 Å². The molecule has 1 aliphatic heterocycles. The van der Waals surface area contributed by atoms with E-state index in [1.165, 1.54) is 24.1 Å². The van der Waals surface area contributed by atoms with Crippen molar-refractivity contribution in [3.8, 4) is 5.75 Å². The van der Waals surface area contributed by atoms with Crippen molar-refractivity contribution in [1.29, 1.82) is 0 Å². The van der Waals surface area contributed by atoms with Crippen molar-refractivity contribution in [3.05, 3.63) is 65.2 Å². The third-order valence-corrected chi connectivity index (χ3v) is 4.71. The third-order valence-electron chi connectivity index (χ3n) is 4.71. The van der Waals surface area contributed by atoms with Crippen molar-refractivity contribution in [2.45, 2.75) is 6.04 Å². The molecule has 1 aromatic heterocycles. The number of likely N-dealkylation sites (N-methyl/N-ethyl adjacent to an activating group) is 1. The Morgan fingerprint density at radius 1 is 1.28 bits per heavy atom. The van der Waals surface area contributed by atoms with E-state index in [1.54, 1.807) is 24.4 Å². The number of rotatable bonds is 6. The topological polar surface area (TPSA) is 83.0 Å². The SMILES string of the molecule is COc1ccc(F)cc1/C(O)=C1\C(=O)C(=O)N(CCN(C)C)C1c1ccccn1. The predicted octanol–water partition coefficient (Wildman–Crippen LogP) is 2.21. The van der Waals surface area contributed by atoms with Gasteiger partial charge in [-0.3, -0.25) is 14.6 Å². The second-order valence-electron chi connectivity index (χ2n) is 6.89. The van der Waals surface area contributed by atoms with Crippen LogP contribution >= 0.6 is 0 Å². The maximum atomic E-state index is 13.8. The van der Waals surface area contributed by atoms with Crippen molar-refractivity contribution in [2.24, 2.45) is 0 Å². The van der Waals surface area contributed by atoms with Gasteiger partial charge < -0.3 is 19.6 Å². The van der Waals surface area contributed by atoms with Gasteiger partial charge in [-0.2, -0.15) is 0 Å². The summed E-state index contributed by atoms with van der Waals surface area (Å²) in [4.78, 5) is 33.1. The zero-order chi connectivity index (χ0) is 21.1. The maximum Gasteiger partial charge on any atom is 0.295 e. The Bertz CT molecular complexity index is 960. The van der Waals surface area contributed by atoms with Crippen LogP contribution in [-0.2, 0) is 9.59 Å². The van der Waals surface area contributed by atoms with Gasteiger partial charge in [-0.25, -0.2) is 4.39 Å². The third kappa shape index (κ3) is 3.97. The van der Waals surface area contributed by atoms with Gasteiger partial charge in [0.2, 0.25) is 0 Å². The normalized spacial score (nSPS) is 18.5. The summed E-state index contributed by atoms with van der Waals surface area (Å²) in [6.45, 7) is 0.773. The Kier molecular flexibility index (Phi) is 5.93. The number of aliphatic hydroxyl groups is 1. The van der Waals surface area contributed by atoms with Gasteiger partial charge in [0.25, 0.3) is 11.7 Å². The molecule has 0 bridgehead atoms. The molecule has 0 aliphatic carbocycles. The molecular weight excluding hydrogens is 377 g/mol. The van der Waals surface area contributed by atoms with Crippen LogP contribution in [0.4, 0.5) is 4.39 Å². The van der Waals surface area contributed by atoms with Gasteiger partial charge in [-0.1, -0.05) is 6.07 Å². The van der Waals surface area contributed by atoms with Crippen molar-refractivity contribution < 1.29 is 23.8 Å². The van der Waals surface area contributed by atoms with Crippen LogP contribution in [0.15, 0.2) is 48.2 Å². The lowest BCUT2D eigenvalue weighted by molar-refractivity contribution is -0.140. The Labute approximate surface area is 168 Å². The molecule has 1 fully saturated rings. The fourth-order valence-corrected chi connectivity index (χ4v) is 3.27. The van der Waals surface area contributed by atoms with E-state index in [9.17, 15) is 19.1 Å². The van der Waals surface area contributed by atoms with E-state index >= 15 is 0 Å². The first-order chi connectivity index (χ1) is 13.8. The van der Waals surface area contributed by atoms with Gasteiger partial charge in [-0.15, -0.1) is 0 Å². The highest BCUT2D eigenvalue weighted by molar-refractivity contribution is 6.46. The van der Waals surface area contributed by atoms with Crippen LogP contribution in [0, 0.1) is 5.82 Å². The van der Waals surface area contributed by atoms with Gasteiger partial charge in [0.1, 0.15) is 23.4 Å². The Hall–Kier alpha value is -3.26. The number of ketones is 1. The molecule has 29 heavy (non-hydrogen) atoms. The standard InChI is InChI=1S/C21H22FN3O4/c1-24(2)10-11-25-18(15-6-4-5-9-23-15)17(20(27)21(25)28)19(26)14-12-13(22)7-8-16(14)29-3/h4-9,12,18,26H,10-11H2,1-3H3/b19-17+. The summed E-state index contributed by atoms with van der Waals surface area (Å²) in [7, 11) is 5.07. The summed E-state index contributed by atoms with van der Waals surface area (Å²) in [5.41, 5.74) is 0.290. The number of aliphatic hydroxyl groups excluding tert-OH is 1. The second kappa shape index (κ2) is 8.40. The number of hydrogen-bond acceptors (Lipinski definition) is 6. The molecule has 1 N–H and O–H groups in total. The molecule has 1 saturated heterocycles. The molecule has 1 aliphatic rings. The first-order valence-electron chi connectivity index (χ1n) is 9.03. The van der Waals surface area contributed by atoms with Gasteiger partial charge >= 0.3 is 0 Å². The number of aromatic nitrogens is 1. The van der Waals surface area contributed by atoms with E-state index in [0.717, 1.165) is 6.07 Å². The van der Waals surface area contributed by atoms with Crippen LogP contribution in [0.5, 0.6) is 5.75 Å². The quantitative estimate of drug-likeness (QED) is 0.456. The molecule has 152 valence electrons. The molecule has 0 saturated carbocycles. The number of halogens is 1. The molecular formula is C21H22FN3O4. The summed E-state index contributed by atoms with van der Waals surface area (Å²) < 4.78 is 19.0. The van der Waals surface area contributed by atoms with E-state index in [2.05, 4.69) is 4.98 Å². The number of carbonyl (C=O) groups is 2. The summed E-state index contributed by atoms with van der Waals surface area (Å²) in [6, 6.07) is 7.84. The number of amides is 1. The zero-order valence-corrected chi connectivity index (χ0v) is 16.4. The lowest BCUT2D eigenvalue weighted by Gasteiger charge is -2.25. The highest BCUT2D eigenvalue weighted by Gasteiger charge is 2.46. The van der Waals surface area contributed by atoms with Crippen molar-refractivity contribution in [2.75, 3.05) is 34.3 Å². The minimum atomic E-state index is -0.885. The number of likely N-dealkylation sites (tertiary alicyclic amines) is 1. The molecule has 0 spiro atoms. The van der Waals surface area contributed by atoms with Gasteiger partial charge in [0.05, 0.1) is 23.9 Å². The molecule has 0 radical (unpaired) electrons. The minimum Gasteiger partial charge on any atom is -0.507 e. The molecule has 1 unspecified atom stereocenters. The highest BCUT2D eigenvalue weighted by Crippen LogP contribution is 2.40. The number of Topliss-reactive ketones (excluding diaryl/α,β-unsaturated/α-hetero) is 1. The molecule has 7 nitrogen and oxygen atoms in total. The summed E-state index contributed by atoms with van der Waals surface area (Å²) in [6.07, 6.45) is 1.55. The molecule has 2 aromatic rings. The number of pyridine rings is 1. The number of hydrogen-bond donors (Lipinski definition) is 1. The van der Waals surface area contributed by atoms with Gasteiger partial charge in [0.15, 0.2) is 0 Å². The molecule has 1 atom stereocenters. The van der Waals surface area contributed by atoms with Crippen LogP contribution < -0.4 is 4.74 Å². The predicted molar refractivity (Wildman–Crippen MR) is 105 cm³/mol. The number of ether oxygens (including phenoxy) is 1. The summed E-state index contributed by atoms with van der Waals surface area (Å²) in [5, 5.41) is 11.0. The average molecular weight is 399 g/mol. The maximum absolute atomic E-state index is 13.8. The van der Waals surface area contributed by atoms with Crippen LogP contribution in [-0.4, -0.2) is 65.9 Å². The highest BCUT2D eigenvalue weighted by atomic mass is 19.1. The monoisotopic (exact) mass is 399 g/mol. The van der Waals surface area contributed by atoms with E-state index in [1.807, 2.05) is 19.0 Å². The fraction of sp³-hybridized carbons (Fsp3) is 0.286. The van der Waals surface area contributed by atoms with Gasteiger partial charge in [0, 0.05) is 19.3 Å². The number of methoxy groups -OCH3 is 1. The first-order valence-corrected chi connectivity index (χ1v) is 9.03. The first kappa shape index (κ1) is 20.5. The van der Waals surface area contributed by atoms with Crippen molar-refractivity contribution in [3.63, 3.8) is 0 Å². The molecule has 1 aromatic carbocycles. The number of benzene rings is 1. The van der Waals surface area contributed by atoms with E-state index in [-0.39, 0.29) is 23.4 Å². The Balaban J connectivity index is 2.19. The van der Waals surface area contributed by atoms with Crippen molar-refractivity contribution in [1.82, 2.24) is 14.8 Å². The Morgan fingerprint density at radius 2 is 2.03 bits per heavy atom. The molecule has 2 heterocycles. The van der Waals surface area contributed by atoms with Gasteiger partial charge in [-0.05, 0) is 44.4 Å². The molecule has 8 heteroatoms. The number of nitrogens with zero attached hydrogens (tertiary/aromatic N) is 3. The lowest BCUT2D eigenvalue weighted by atomic mass is 9.98. The summed E-state index contributed by atoms with van der Waals surface area (Å²) >= 11 is 0. The van der Waals surface area contributed by atoms with Crippen molar-refractivity contribution >= 4 is 17.4 Å². The van der Waals surface area contributed by atoms with E-state index < -0.39 is 29.3 Å². The van der Waals surface area contributed by atoms with Crippen LogP contribution in [0.3, 0.4) is 0 Å². The zero-order valence-electron chi connectivity index (χ0n) is 16.4. The van der Waals surface area contributed by atoms with Crippen LogP contribution in [0.1, 0.15) is 17.3 Å². The largest absolute Gasteiger partial charge is 0.507 e. The Morgan fingerprint density at radius 3 is 2.66 bits per heavy atom. The molecule has 1 amide bonds. The minimum absolute atomic E-state index is 0.000888. The van der Waals surface area contributed by atoms with Crippen LogP contribution in [0.2, 0.25) is 0 Å². The molecule has 3 rings (SSSR count). The van der Waals surface area contributed by atoms with E-state index in [0.29, 0.717) is 12.2 Å². The van der Waals surface area contributed by atoms with E-state index in [4.69, 9.17) is 4.74 Å². The smallest absolute Gasteiger partial charge is 0.295 e. The lowest BCUT2D eigenvalue weighted by Crippen LogP contribution is -2.35. The second-order valence-corrected chi connectivity index (χ2v) is 6.89.